The van der Waals surface area contributed by atoms with Crippen LogP contribution >= 0.6 is 12.4 Å². The molecule has 25 heavy (non-hydrogen) atoms. The number of sulfonamides is 1. The van der Waals surface area contributed by atoms with Gasteiger partial charge in [-0.1, -0.05) is 42.5 Å². The molecule has 3 rings (SSSR count). The van der Waals surface area contributed by atoms with E-state index in [0.29, 0.717) is 23.9 Å². The van der Waals surface area contributed by atoms with Gasteiger partial charge in [0, 0.05) is 13.1 Å². The zero-order chi connectivity index (χ0) is 17.0. The first-order chi connectivity index (χ1) is 11.6. The first-order valence-electron chi connectivity index (χ1n) is 8.41. The molecule has 0 saturated carbocycles. The van der Waals surface area contributed by atoms with Gasteiger partial charge in [-0.3, -0.25) is 0 Å². The van der Waals surface area contributed by atoms with E-state index in [4.69, 9.17) is 0 Å². The highest BCUT2D eigenvalue weighted by Crippen LogP contribution is 2.26. The Balaban J connectivity index is 0.00000225. The summed E-state index contributed by atoms with van der Waals surface area (Å²) in [4.78, 5) is 0.382. The van der Waals surface area contributed by atoms with Crippen molar-refractivity contribution in [2.75, 3.05) is 26.7 Å². The summed E-state index contributed by atoms with van der Waals surface area (Å²) in [6, 6.07) is 17.2. The van der Waals surface area contributed by atoms with Gasteiger partial charge in [-0.25, -0.2) is 8.42 Å². The van der Waals surface area contributed by atoms with Crippen LogP contribution in [-0.2, 0) is 10.0 Å². The van der Waals surface area contributed by atoms with Crippen LogP contribution in [0.2, 0.25) is 0 Å². The van der Waals surface area contributed by atoms with Crippen LogP contribution in [0.15, 0.2) is 59.5 Å². The van der Waals surface area contributed by atoms with Crippen LogP contribution in [0, 0.1) is 5.92 Å². The van der Waals surface area contributed by atoms with Crippen molar-refractivity contribution in [3.63, 3.8) is 0 Å². The molecular weight excluding hydrogens is 356 g/mol. The van der Waals surface area contributed by atoms with Gasteiger partial charge in [0.1, 0.15) is 0 Å². The third kappa shape index (κ3) is 4.61. The minimum atomic E-state index is -3.41. The summed E-state index contributed by atoms with van der Waals surface area (Å²) in [6.07, 6.45) is 2.01. The summed E-state index contributed by atoms with van der Waals surface area (Å²) in [5.74, 6) is 0.391. The molecule has 1 aliphatic rings. The molecule has 1 fully saturated rings. The van der Waals surface area contributed by atoms with Crippen molar-refractivity contribution in [1.82, 2.24) is 9.62 Å². The van der Waals surface area contributed by atoms with E-state index in [1.54, 1.807) is 16.4 Å². The smallest absolute Gasteiger partial charge is 0.243 e. The molecule has 0 amide bonds. The molecule has 136 valence electrons. The van der Waals surface area contributed by atoms with Gasteiger partial charge < -0.3 is 5.32 Å². The summed E-state index contributed by atoms with van der Waals surface area (Å²) in [5.41, 5.74) is 2.12. The van der Waals surface area contributed by atoms with E-state index < -0.39 is 10.0 Å². The van der Waals surface area contributed by atoms with Crippen molar-refractivity contribution >= 4 is 22.4 Å². The second kappa shape index (κ2) is 8.81. The summed E-state index contributed by atoms with van der Waals surface area (Å²) >= 11 is 0. The largest absolute Gasteiger partial charge is 0.319 e. The van der Waals surface area contributed by atoms with Crippen molar-refractivity contribution in [2.24, 2.45) is 5.92 Å². The molecule has 1 saturated heterocycles. The molecular formula is C19H25ClN2O2S. The van der Waals surface area contributed by atoms with Crippen LogP contribution in [0.5, 0.6) is 0 Å². The lowest BCUT2D eigenvalue weighted by molar-refractivity contribution is 0.263. The zero-order valence-electron chi connectivity index (χ0n) is 14.4. The fourth-order valence-corrected chi connectivity index (χ4v) is 4.85. The summed E-state index contributed by atoms with van der Waals surface area (Å²) in [6.45, 7) is 2.07. The lowest BCUT2D eigenvalue weighted by atomic mass is 10.00. The average Bonchev–Trinajstić information content (AvgIpc) is 2.63. The van der Waals surface area contributed by atoms with Crippen molar-refractivity contribution < 1.29 is 8.42 Å². The van der Waals surface area contributed by atoms with Crippen molar-refractivity contribution in [3.05, 3.63) is 54.6 Å². The van der Waals surface area contributed by atoms with Crippen molar-refractivity contribution in [2.45, 2.75) is 17.7 Å². The number of benzene rings is 2. The first kappa shape index (κ1) is 19.9. The number of nitrogens with one attached hydrogen (secondary N) is 1. The standard InChI is InChI=1S/C19H24N2O2S.ClH/c1-20-14-16-6-5-13-21(15-16)24(22,23)19-11-9-18(10-12-19)17-7-3-2-4-8-17;/h2-4,7-12,16,20H,5-6,13-15H2,1H3;1H. The van der Waals surface area contributed by atoms with Gasteiger partial charge in [0.25, 0.3) is 0 Å². The van der Waals surface area contributed by atoms with Gasteiger partial charge in [-0.2, -0.15) is 4.31 Å². The monoisotopic (exact) mass is 380 g/mol. The van der Waals surface area contributed by atoms with Crippen LogP contribution in [0.25, 0.3) is 11.1 Å². The van der Waals surface area contributed by atoms with E-state index in [9.17, 15) is 8.42 Å². The minimum absolute atomic E-state index is 0. The molecule has 6 heteroatoms. The predicted octanol–water partition coefficient (Wildman–Crippen LogP) is 3.40. The highest BCUT2D eigenvalue weighted by Gasteiger charge is 2.29. The fourth-order valence-electron chi connectivity index (χ4n) is 3.30. The zero-order valence-corrected chi connectivity index (χ0v) is 16.0. The average molecular weight is 381 g/mol. The molecule has 0 radical (unpaired) electrons. The van der Waals surface area contributed by atoms with Crippen molar-refractivity contribution in [3.8, 4) is 11.1 Å². The lowest BCUT2D eigenvalue weighted by Gasteiger charge is -2.31. The number of halogens is 1. The number of piperidine rings is 1. The van der Waals surface area contributed by atoms with E-state index in [1.165, 1.54) is 0 Å². The van der Waals surface area contributed by atoms with E-state index in [2.05, 4.69) is 5.32 Å². The number of hydrogen-bond donors (Lipinski definition) is 1. The minimum Gasteiger partial charge on any atom is -0.319 e. The molecule has 1 atom stereocenters. The molecule has 4 nitrogen and oxygen atoms in total. The van der Waals surface area contributed by atoms with Crippen LogP contribution < -0.4 is 5.32 Å². The Morgan fingerprint density at radius 1 is 1.04 bits per heavy atom. The second-order valence-electron chi connectivity index (χ2n) is 6.32. The predicted molar refractivity (Wildman–Crippen MR) is 105 cm³/mol. The van der Waals surface area contributed by atoms with Gasteiger partial charge >= 0.3 is 0 Å². The third-order valence-corrected chi connectivity index (χ3v) is 6.45. The molecule has 0 aromatic heterocycles. The fraction of sp³-hybridized carbons (Fsp3) is 0.368. The van der Waals surface area contributed by atoms with Gasteiger partial charge in [-0.05, 0) is 55.6 Å². The number of hydrogen-bond acceptors (Lipinski definition) is 3. The Morgan fingerprint density at radius 3 is 2.32 bits per heavy atom. The van der Waals surface area contributed by atoms with E-state index in [-0.39, 0.29) is 12.4 Å². The molecule has 1 heterocycles. The Hall–Kier alpha value is -1.40. The van der Waals surface area contributed by atoms with E-state index >= 15 is 0 Å². The highest BCUT2D eigenvalue weighted by atomic mass is 35.5. The second-order valence-corrected chi connectivity index (χ2v) is 8.26. The molecule has 1 unspecified atom stereocenters. The Labute approximate surface area is 156 Å². The van der Waals surface area contributed by atoms with Crippen LogP contribution in [-0.4, -0.2) is 39.4 Å². The Bertz CT molecular complexity index is 762. The molecule has 0 bridgehead atoms. The topological polar surface area (TPSA) is 49.4 Å². The maximum absolute atomic E-state index is 12.9. The maximum Gasteiger partial charge on any atom is 0.243 e. The van der Waals surface area contributed by atoms with Crippen molar-refractivity contribution in [1.29, 1.82) is 0 Å². The molecule has 0 spiro atoms. The molecule has 2 aromatic rings. The van der Waals surface area contributed by atoms with Crippen LogP contribution in [0.3, 0.4) is 0 Å². The molecule has 1 N–H and O–H groups in total. The maximum atomic E-state index is 12.9. The summed E-state index contributed by atoms with van der Waals surface area (Å²) in [5, 5.41) is 3.15. The van der Waals surface area contributed by atoms with E-state index in [0.717, 1.165) is 30.5 Å². The number of nitrogens with zero attached hydrogens (tertiary/aromatic N) is 1. The third-order valence-electron chi connectivity index (χ3n) is 4.57. The Morgan fingerprint density at radius 2 is 1.68 bits per heavy atom. The van der Waals surface area contributed by atoms with Gasteiger partial charge in [0.2, 0.25) is 10.0 Å². The van der Waals surface area contributed by atoms with Crippen LogP contribution in [0.1, 0.15) is 12.8 Å². The molecule has 1 aliphatic heterocycles. The highest BCUT2D eigenvalue weighted by molar-refractivity contribution is 7.89. The summed E-state index contributed by atoms with van der Waals surface area (Å²) < 4.78 is 27.4. The normalized spacial score (nSPS) is 18.5. The van der Waals surface area contributed by atoms with Gasteiger partial charge in [0.15, 0.2) is 0 Å². The SMILES string of the molecule is CNCC1CCCN(S(=O)(=O)c2ccc(-c3ccccc3)cc2)C1.Cl. The lowest BCUT2D eigenvalue weighted by Crippen LogP contribution is -2.42. The summed E-state index contributed by atoms with van der Waals surface area (Å²) in [7, 11) is -1.49. The number of rotatable bonds is 5. The molecule has 2 aromatic carbocycles. The van der Waals surface area contributed by atoms with Gasteiger partial charge in [0.05, 0.1) is 4.90 Å². The van der Waals surface area contributed by atoms with Gasteiger partial charge in [-0.15, -0.1) is 12.4 Å². The Kier molecular flexibility index (Phi) is 7.02. The molecule has 0 aliphatic carbocycles. The quantitative estimate of drug-likeness (QED) is 0.864. The first-order valence-corrected chi connectivity index (χ1v) is 9.85. The van der Waals surface area contributed by atoms with E-state index in [1.807, 2.05) is 49.5 Å². The van der Waals surface area contributed by atoms with Crippen LogP contribution in [0.4, 0.5) is 0 Å².